The molecule has 0 N–H and O–H groups in total. The quantitative estimate of drug-likeness (QED) is 0.539. The first-order valence-electron chi connectivity index (χ1n) is 7.20. The Bertz CT molecular complexity index is 986. The number of carbonyl (C=O) groups is 1. The van der Waals surface area contributed by atoms with Gasteiger partial charge in [-0.1, -0.05) is 35.3 Å². The Morgan fingerprint density at radius 3 is 2.58 bits per heavy atom. The van der Waals surface area contributed by atoms with Crippen LogP contribution < -0.4 is 4.74 Å². The Morgan fingerprint density at radius 1 is 0.917 bits per heavy atom. The van der Waals surface area contributed by atoms with Crippen LogP contribution in [0.4, 0.5) is 0 Å². The number of ether oxygens (including phenoxy) is 1. The monoisotopic (exact) mass is 356 g/mol. The largest absolute Gasteiger partial charge is 0.457 e. The Hall–Kier alpha value is -2.49. The van der Waals surface area contributed by atoms with Crippen LogP contribution in [-0.4, -0.2) is 5.78 Å². The summed E-state index contributed by atoms with van der Waals surface area (Å²) in [6, 6.07) is 15.9. The molecule has 0 saturated carbocycles. The van der Waals surface area contributed by atoms with Crippen molar-refractivity contribution < 1.29 is 13.9 Å². The third kappa shape index (κ3) is 2.62. The highest BCUT2D eigenvalue weighted by atomic mass is 35.5. The Labute approximate surface area is 148 Å². The molecule has 3 nitrogen and oxygen atoms in total. The molecule has 5 heteroatoms. The molecule has 0 unspecified atom stereocenters. The predicted molar refractivity (Wildman–Crippen MR) is 93.5 cm³/mol. The lowest BCUT2D eigenvalue weighted by atomic mass is 10.1. The number of hydrogen-bond acceptors (Lipinski definition) is 3. The SMILES string of the molecule is O=C1C(=Cc2ccc(-c3ccccc3Cl)o2)Oc2ccc(Cl)cc21. The molecular formula is C19H10Cl2O3. The van der Waals surface area contributed by atoms with Crippen molar-refractivity contribution in [2.75, 3.05) is 0 Å². The number of benzene rings is 2. The summed E-state index contributed by atoms with van der Waals surface area (Å²) >= 11 is 12.1. The number of ketones is 1. The summed E-state index contributed by atoms with van der Waals surface area (Å²) in [4.78, 5) is 12.4. The van der Waals surface area contributed by atoms with E-state index in [0.717, 1.165) is 5.56 Å². The van der Waals surface area contributed by atoms with Crippen molar-refractivity contribution in [3.05, 3.63) is 81.7 Å². The summed E-state index contributed by atoms with van der Waals surface area (Å²) < 4.78 is 11.3. The molecule has 0 spiro atoms. The van der Waals surface area contributed by atoms with E-state index in [9.17, 15) is 4.79 Å². The lowest BCUT2D eigenvalue weighted by Crippen LogP contribution is -1.97. The molecule has 4 rings (SSSR count). The van der Waals surface area contributed by atoms with Gasteiger partial charge in [-0.15, -0.1) is 0 Å². The minimum Gasteiger partial charge on any atom is -0.457 e. The van der Waals surface area contributed by atoms with Gasteiger partial charge in [0.05, 0.1) is 10.6 Å². The number of hydrogen-bond donors (Lipinski definition) is 0. The van der Waals surface area contributed by atoms with E-state index >= 15 is 0 Å². The fraction of sp³-hybridized carbons (Fsp3) is 0. The van der Waals surface area contributed by atoms with Gasteiger partial charge in [0.1, 0.15) is 17.3 Å². The minimum absolute atomic E-state index is 0.201. The normalized spacial score (nSPS) is 14.8. The molecule has 24 heavy (non-hydrogen) atoms. The van der Waals surface area contributed by atoms with Crippen LogP contribution in [0, 0.1) is 0 Å². The number of rotatable bonds is 2. The molecule has 0 radical (unpaired) electrons. The van der Waals surface area contributed by atoms with E-state index in [1.807, 2.05) is 18.2 Å². The lowest BCUT2D eigenvalue weighted by molar-refractivity contribution is 0.101. The van der Waals surface area contributed by atoms with Crippen molar-refractivity contribution >= 4 is 35.1 Å². The number of Topliss-reactive ketones (excluding diaryl/α,β-unsaturated/α-hetero) is 1. The zero-order chi connectivity index (χ0) is 16.7. The fourth-order valence-electron chi connectivity index (χ4n) is 2.53. The van der Waals surface area contributed by atoms with Crippen LogP contribution in [-0.2, 0) is 0 Å². The number of fused-ring (bicyclic) bond motifs is 1. The minimum atomic E-state index is -0.219. The molecule has 0 fully saturated rings. The summed E-state index contributed by atoms with van der Waals surface area (Å²) in [5.74, 6) is 1.61. The smallest absolute Gasteiger partial charge is 0.232 e. The van der Waals surface area contributed by atoms with Crippen molar-refractivity contribution in [3.8, 4) is 17.1 Å². The highest BCUT2D eigenvalue weighted by Gasteiger charge is 2.27. The molecule has 1 aliphatic heterocycles. The zero-order valence-corrected chi connectivity index (χ0v) is 13.8. The van der Waals surface area contributed by atoms with Gasteiger partial charge < -0.3 is 9.15 Å². The topological polar surface area (TPSA) is 39.4 Å². The Morgan fingerprint density at radius 2 is 1.75 bits per heavy atom. The molecule has 0 aliphatic carbocycles. The maximum atomic E-state index is 12.4. The molecule has 0 saturated heterocycles. The molecule has 118 valence electrons. The molecule has 2 aromatic carbocycles. The van der Waals surface area contributed by atoms with E-state index in [-0.39, 0.29) is 11.5 Å². The second-order valence-corrected chi connectivity index (χ2v) is 6.11. The van der Waals surface area contributed by atoms with Crippen molar-refractivity contribution in [1.82, 2.24) is 0 Å². The van der Waals surface area contributed by atoms with Gasteiger partial charge in [-0.05, 0) is 42.5 Å². The van der Waals surface area contributed by atoms with E-state index in [1.165, 1.54) is 0 Å². The van der Waals surface area contributed by atoms with Crippen molar-refractivity contribution in [2.24, 2.45) is 0 Å². The number of halogens is 2. The maximum absolute atomic E-state index is 12.4. The summed E-state index contributed by atoms with van der Waals surface area (Å²) in [7, 11) is 0. The first kappa shape index (κ1) is 15.1. The zero-order valence-electron chi connectivity index (χ0n) is 12.3. The Kier molecular flexibility index (Phi) is 3.68. The van der Waals surface area contributed by atoms with E-state index in [4.69, 9.17) is 32.4 Å². The summed E-state index contributed by atoms with van der Waals surface area (Å²) in [6.45, 7) is 0. The first-order chi connectivity index (χ1) is 11.6. The highest BCUT2D eigenvalue weighted by molar-refractivity contribution is 6.33. The average Bonchev–Trinajstić information content (AvgIpc) is 3.15. The molecule has 1 aromatic heterocycles. The Balaban J connectivity index is 1.66. The molecule has 1 aliphatic rings. The van der Waals surface area contributed by atoms with Gasteiger partial charge in [0.2, 0.25) is 5.78 Å². The molecular weight excluding hydrogens is 347 g/mol. The molecule has 0 bridgehead atoms. The second-order valence-electron chi connectivity index (χ2n) is 5.26. The van der Waals surface area contributed by atoms with E-state index in [2.05, 4.69) is 0 Å². The van der Waals surface area contributed by atoms with Crippen LogP contribution in [0.15, 0.2) is 64.8 Å². The molecule has 0 amide bonds. The summed E-state index contributed by atoms with van der Waals surface area (Å²) in [5.41, 5.74) is 1.24. The standard InChI is InChI=1S/C19H10Cl2O3/c20-11-5-7-17-14(9-11)19(22)18(24-17)10-12-6-8-16(23-12)13-3-1-2-4-15(13)21/h1-10H. The summed E-state index contributed by atoms with van der Waals surface area (Å²) in [6.07, 6.45) is 1.57. The molecule has 0 atom stereocenters. The number of allylic oxidation sites excluding steroid dienone is 1. The van der Waals surface area contributed by atoms with Gasteiger partial charge in [0.25, 0.3) is 0 Å². The fourth-order valence-corrected chi connectivity index (χ4v) is 2.93. The van der Waals surface area contributed by atoms with E-state index < -0.39 is 0 Å². The lowest BCUT2D eigenvalue weighted by Gasteiger charge is -1.99. The third-order valence-electron chi connectivity index (χ3n) is 3.67. The molecule has 2 heterocycles. The van der Waals surface area contributed by atoms with Crippen molar-refractivity contribution in [1.29, 1.82) is 0 Å². The van der Waals surface area contributed by atoms with Crippen LogP contribution in [0.1, 0.15) is 16.1 Å². The van der Waals surface area contributed by atoms with Crippen LogP contribution in [0.2, 0.25) is 10.0 Å². The van der Waals surface area contributed by atoms with Crippen LogP contribution >= 0.6 is 23.2 Å². The second kappa shape index (κ2) is 5.86. The van der Waals surface area contributed by atoms with Gasteiger partial charge in [-0.25, -0.2) is 0 Å². The highest BCUT2D eigenvalue weighted by Crippen LogP contribution is 2.35. The van der Waals surface area contributed by atoms with Gasteiger partial charge in [0.15, 0.2) is 5.76 Å². The van der Waals surface area contributed by atoms with E-state index in [1.54, 1.807) is 42.5 Å². The molecule has 3 aromatic rings. The van der Waals surface area contributed by atoms with Crippen LogP contribution in [0.25, 0.3) is 17.4 Å². The third-order valence-corrected chi connectivity index (χ3v) is 4.23. The number of furan rings is 1. The summed E-state index contributed by atoms with van der Waals surface area (Å²) in [5, 5.41) is 1.09. The van der Waals surface area contributed by atoms with Crippen LogP contribution in [0.3, 0.4) is 0 Å². The van der Waals surface area contributed by atoms with Gasteiger partial charge in [-0.2, -0.15) is 0 Å². The maximum Gasteiger partial charge on any atom is 0.232 e. The van der Waals surface area contributed by atoms with E-state index in [0.29, 0.717) is 32.9 Å². The van der Waals surface area contributed by atoms with Crippen molar-refractivity contribution in [3.63, 3.8) is 0 Å². The van der Waals surface area contributed by atoms with Gasteiger partial charge >= 0.3 is 0 Å². The first-order valence-corrected chi connectivity index (χ1v) is 7.96. The van der Waals surface area contributed by atoms with Crippen molar-refractivity contribution in [2.45, 2.75) is 0 Å². The number of carbonyl (C=O) groups excluding carboxylic acids is 1. The van der Waals surface area contributed by atoms with Gasteiger partial charge in [0, 0.05) is 16.7 Å². The van der Waals surface area contributed by atoms with Gasteiger partial charge in [-0.3, -0.25) is 4.79 Å². The van der Waals surface area contributed by atoms with Crippen LogP contribution in [0.5, 0.6) is 5.75 Å². The predicted octanol–water partition coefficient (Wildman–Crippen LogP) is 5.87. The average molecular weight is 357 g/mol.